The Hall–Kier alpha value is 0.270. The highest BCUT2D eigenvalue weighted by Crippen LogP contribution is 2.44. The zero-order valence-electron chi connectivity index (χ0n) is 9.67. The zero-order chi connectivity index (χ0) is 10.3. The van der Waals surface area contributed by atoms with Gasteiger partial charge in [0, 0.05) is 17.8 Å². The molecule has 3 aliphatic rings. The standard InChI is InChI=1S/C12H22N2S/c1-10-4-6-13-12(15-10)5-8-14-7-2-3-11(14)9-12/h10-11,13H,2-9H2,1H3. The highest BCUT2D eigenvalue weighted by Gasteiger charge is 2.43. The van der Waals surface area contributed by atoms with Gasteiger partial charge in [0.25, 0.3) is 0 Å². The van der Waals surface area contributed by atoms with Crippen molar-refractivity contribution in [2.75, 3.05) is 19.6 Å². The van der Waals surface area contributed by atoms with Crippen molar-refractivity contribution >= 4 is 11.8 Å². The molecule has 15 heavy (non-hydrogen) atoms. The van der Waals surface area contributed by atoms with E-state index in [1.54, 1.807) is 0 Å². The van der Waals surface area contributed by atoms with E-state index in [0.717, 1.165) is 11.3 Å². The Morgan fingerprint density at radius 2 is 2.27 bits per heavy atom. The van der Waals surface area contributed by atoms with E-state index in [2.05, 4.69) is 28.9 Å². The number of fused-ring (bicyclic) bond motifs is 1. The average molecular weight is 226 g/mol. The summed E-state index contributed by atoms with van der Waals surface area (Å²) in [5.74, 6) is 0. The van der Waals surface area contributed by atoms with Crippen LogP contribution < -0.4 is 5.32 Å². The van der Waals surface area contributed by atoms with Crippen LogP contribution in [0.15, 0.2) is 0 Å². The number of nitrogens with zero attached hydrogens (tertiary/aromatic N) is 1. The van der Waals surface area contributed by atoms with Crippen molar-refractivity contribution in [2.45, 2.75) is 55.2 Å². The van der Waals surface area contributed by atoms with Crippen LogP contribution in [0.2, 0.25) is 0 Å². The maximum atomic E-state index is 3.81. The molecule has 1 N–H and O–H groups in total. The summed E-state index contributed by atoms with van der Waals surface area (Å²) in [6.07, 6.45) is 6.97. The van der Waals surface area contributed by atoms with Gasteiger partial charge in [-0.2, -0.15) is 0 Å². The third-order valence-electron chi connectivity index (χ3n) is 4.29. The first-order valence-electron chi connectivity index (χ1n) is 6.44. The molecule has 3 heteroatoms. The summed E-state index contributed by atoms with van der Waals surface area (Å²) in [5, 5.41) is 4.67. The van der Waals surface area contributed by atoms with Crippen LogP contribution in [-0.4, -0.2) is 40.7 Å². The quantitative estimate of drug-likeness (QED) is 0.680. The highest BCUT2D eigenvalue weighted by atomic mass is 32.2. The first-order chi connectivity index (χ1) is 7.27. The Bertz CT molecular complexity index is 246. The molecule has 3 rings (SSSR count). The summed E-state index contributed by atoms with van der Waals surface area (Å²) < 4.78 is 0. The van der Waals surface area contributed by atoms with Gasteiger partial charge in [0.05, 0.1) is 4.87 Å². The molecule has 0 aliphatic carbocycles. The van der Waals surface area contributed by atoms with Crippen molar-refractivity contribution in [3.05, 3.63) is 0 Å². The van der Waals surface area contributed by atoms with Gasteiger partial charge in [0.1, 0.15) is 0 Å². The lowest BCUT2D eigenvalue weighted by Crippen LogP contribution is -2.56. The number of rotatable bonds is 0. The molecule has 0 aromatic rings. The third kappa shape index (κ3) is 1.94. The molecule has 2 nitrogen and oxygen atoms in total. The van der Waals surface area contributed by atoms with Gasteiger partial charge >= 0.3 is 0 Å². The fourth-order valence-corrected chi connectivity index (χ4v) is 5.17. The van der Waals surface area contributed by atoms with Gasteiger partial charge in [-0.15, -0.1) is 11.8 Å². The lowest BCUT2D eigenvalue weighted by atomic mass is 9.96. The molecule has 3 aliphatic heterocycles. The SMILES string of the molecule is CC1CCNC2(CCN3CCCC3C2)S1. The Morgan fingerprint density at radius 1 is 1.33 bits per heavy atom. The fourth-order valence-electron chi connectivity index (χ4n) is 3.48. The molecule has 3 saturated heterocycles. The number of thioether (sulfide) groups is 1. The second kappa shape index (κ2) is 3.94. The van der Waals surface area contributed by atoms with Gasteiger partial charge in [0.2, 0.25) is 0 Å². The van der Waals surface area contributed by atoms with Gasteiger partial charge in [-0.25, -0.2) is 0 Å². The average Bonchev–Trinajstić information content (AvgIpc) is 2.64. The van der Waals surface area contributed by atoms with Crippen LogP contribution in [0.5, 0.6) is 0 Å². The van der Waals surface area contributed by atoms with E-state index >= 15 is 0 Å². The Balaban J connectivity index is 1.71. The summed E-state index contributed by atoms with van der Waals surface area (Å²) in [4.78, 5) is 3.16. The minimum Gasteiger partial charge on any atom is -0.303 e. The number of hydrogen-bond acceptors (Lipinski definition) is 3. The van der Waals surface area contributed by atoms with E-state index < -0.39 is 0 Å². The predicted octanol–water partition coefficient (Wildman–Crippen LogP) is 2.06. The largest absolute Gasteiger partial charge is 0.303 e. The predicted molar refractivity (Wildman–Crippen MR) is 66.2 cm³/mol. The summed E-state index contributed by atoms with van der Waals surface area (Å²) in [5.41, 5.74) is 0. The van der Waals surface area contributed by atoms with E-state index in [9.17, 15) is 0 Å². The molecular weight excluding hydrogens is 204 g/mol. The Labute approximate surface area is 97.2 Å². The highest BCUT2D eigenvalue weighted by molar-refractivity contribution is 8.01. The topological polar surface area (TPSA) is 15.3 Å². The second-order valence-electron chi connectivity index (χ2n) is 5.42. The van der Waals surface area contributed by atoms with E-state index in [0.29, 0.717) is 4.87 Å². The van der Waals surface area contributed by atoms with Gasteiger partial charge in [-0.05, 0) is 45.2 Å². The molecule has 1 spiro atoms. The van der Waals surface area contributed by atoms with Crippen molar-refractivity contribution in [3.8, 4) is 0 Å². The van der Waals surface area contributed by atoms with Crippen LogP contribution in [0.1, 0.15) is 39.0 Å². The molecule has 3 atom stereocenters. The molecule has 0 aromatic heterocycles. The molecule has 3 fully saturated rings. The molecule has 0 aromatic carbocycles. The molecular formula is C12H22N2S. The Morgan fingerprint density at radius 3 is 3.13 bits per heavy atom. The Kier molecular flexibility index (Phi) is 2.74. The van der Waals surface area contributed by atoms with Gasteiger partial charge in [0.15, 0.2) is 0 Å². The monoisotopic (exact) mass is 226 g/mol. The van der Waals surface area contributed by atoms with Gasteiger partial charge < -0.3 is 10.2 Å². The molecule has 0 amide bonds. The van der Waals surface area contributed by atoms with Crippen molar-refractivity contribution in [1.82, 2.24) is 10.2 Å². The summed E-state index contributed by atoms with van der Waals surface area (Å²) in [6, 6.07) is 0.893. The van der Waals surface area contributed by atoms with Crippen molar-refractivity contribution < 1.29 is 0 Å². The fraction of sp³-hybridized carbons (Fsp3) is 1.00. The third-order valence-corrected chi connectivity index (χ3v) is 5.90. The van der Waals surface area contributed by atoms with Crippen LogP contribution in [0.25, 0.3) is 0 Å². The maximum absolute atomic E-state index is 3.81. The van der Waals surface area contributed by atoms with Crippen molar-refractivity contribution in [1.29, 1.82) is 0 Å². The van der Waals surface area contributed by atoms with Gasteiger partial charge in [-0.3, -0.25) is 0 Å². The molecule has 0 bridgehead atoms. The first-order valence-corrected chi connectivity index (χ1v) is 7.32. The number of piperidine rings is 1. The molecule has 86 valence electrons. The normalized spacial score (nSPS) is 47.0. The van der Waals surface area contributed by atoms with E-state index in [1.807, 2.05) is 0 Å². The second-order valence-corrected chi connectivity index (χ2v) is 7.25. The smallest absolute Gasteiger partial charge is 0.0675 e. The molecule has 3 unspecified atom stereocenters. The summed E-state index contributed by atoms with van der Waals surface area (Å²) >= 11 is 2.22. The zero-order valence-corrected chi connectivity index (χ0v) is 10.5. The lowest BCUT2D eigenvalue weighted by Gasteiger charge is -2.48. The maximum Gasteiger partial charge on any atom is 0.0675 e. The van der Waals surface area contributed by atoms with Crippen molar-refractivity contribution in [2.24, 2.45) is 0 Å². The summed E-state index contributed by atoms with van der Waals surface area (Å²) in [6.45, 7) is 6.33. The van der Waals surface area contributed by atoms with Crippen LogP contribution in [-0.2, 0) is 0 Å². The number of hydrogen-bond donors (Lipinski definition) is 1. The lowest BCUT2D eigenvalue weighted by molar-refractivity contribution is 0.150. The van der Waals surface area contributed by atoms with E-state index in [4.69, 9.17) is 0 Å². The van der Waals surface area contributed by atoms with Crippen LogP contribution in [0.3, 0.4) is 0 Å². The summed E-state index contributed by atoms with van der Waals surface area (Å²) in [7, 11) is 0. The first kappa shape index (κ1) is 10.4. The van der Waals surface area contributed by atoms with Crippen LogP contribution >= 0.6 is 11.8 Å². The van der Waals surface area contributed by atoms with E-state index in [-0.39, 0.29) is 0 Å². The minimum atomic E-state index is 0.448. The van der Waals surface area contributed by atoms with Crippen LogP contribution in [0, 0.1) is 0 Å². The van der Waals surface area contributed by atoms with Crippen molar-refractivity contribution in [3.63, 3.8) is 0 Å². The molecule has 0 radical (unpaired) electrons. The van der Waals surface area contributed by atoms with Crippen LogP contribution in [0.4, 0.5) is 0 Å². The number of nitrogens with one attached hydrogen (secondary N) is 1. The van der Waals surface area contributed by atoms with Gasteiger partial charge in [-0.1, -0.05) is 6.92 Å². The minimum absolute atomic E-state index is 0.448. The van der Waals surface area contributed by atoms with E-state index in [1.165, 1.54) is 51.7 Å². The molecule has 0 saturated carbocycles. The molecule has 3 heterocycles.